The molecule has 2 atom stereocenters. The van der Waals surface area contributed by atoms with Crippen molar-refractivity contribution >= 4 is 17.8 Å². The van der Waals surface area contributed by atoms with Gasteiger partial charge in [-0.2, -0.15) is 0 Å². The van der Waals surface area contributed by atoms with Gasteiger partial charge in [-0.15, -0.1) is 0 Å². The molecule has 2 aliphatic rings. The third-order valence-corrected chi connectivity index (χ3v) is 4.60. The highest BCUT2D eigenvalue weighted by atomic mass is 16.5. The average molecular weight is 326 g/mol. The summed E-state index contributed by atoms with van der Waals surface area (Å²) in [5.74, 6) is -1.12. The number of rotatable bonds is 7. The highest BCUT2D eigenvalue weighted by molar-refractivity contribution is 5.82. The number of hydrogen-bond donors (Lipinski definition) is 3. The lowest BCUT2D eigenvalue weighted by Gasteiger charge is -2.28. The van der Waals surface area contributed by atoms with Crippen LogP contribution in [0.15, 0.2) is 0 Å². The Hall–Kier alpha value is -1.63. The van der Waals surface area contributed by atoms with Crippen LogP contribution in [0.25, 0.3) is 0 Å². The normalized spacial score (nSPS) is 26.0. The van der Waals surface area contributed by atoms with Gasteiger partial charge in [0.05, 0.1) is 18.6 Å². The van der Waals surface area contributed by atoms with Gasteiger partial charge in [0.1, 0.15) is 0 Å². The lowest BCUT2D eigenvalue weighted by Crippen LogP contribution is -2.52. The van der Waals surface area contributed by atoms with Gasteiger partial charge < -0.3 is 20.5 Å². The van der Waals surface area contributed by atoms with Gasteiger partial charge in [0.2, 0.25) is 11.8 Å². The van der Waals surface area contributed by atoms with Crippen molar-refractivity contribution in [1.29, 1.82) is 0 Å². The molecule has 1 saturated heterocycles. The van der Waals surface area contributed by atoms with E-state index in [4.69, 9.17) is 9.84 Å². The van der Waals surface area contributed by atoms with Crippen molar-refractivity contribution in [2.24, 2.45) is 5.92 Å². The summed E-state index contributed by atoms with van der Waals surface area (Å²) in [6, 6.07) is -0.271. The molecule has 2 rings (SSSR count). The van der Waals surface area contributed by atoms with E-state index in [1.807, 2.05) is 0 Å². The Morgan fingerprint density at radius 1 is 1.30 bits per heavy atom. The minimum Gasteiger partial charge on any atom is -0.481 e. The number of carboxylic acid groups (broad SMARTS) is 1. The third-order valence-electron chi connectivity index (χ3n) is 4.60. The van der Waals surface area contributed by atoms with Gasteiger partial charge in [0.25, 0.3) is 0 Å². The fourth-order valence-corrected chi connectivity index (χ4v) is 3.40. The molecule has 7 nitrogen and oxygen atoms in total. The lowest BCUT2D eigenvalue weighted by molar-refractivity contribution is -0.139. The number of hydrogen-bond acceptors (Lipinski definition) is 4. The number of carbonyl (C=O) groups is 3. The number of carboxylic acids is 1. The molecule has 0 aromatic carbocycles. The van der Waals surface area contributed by atoms with Crippen molar-refractivity contribution in [3.63, 3.8) is 0 Å². The molecule has 0 aromatic rings. The van der Waals surface area contributed by atoms with E-state index in [2.05, 4.69) is 10.6 Å². The maximum absolute atomic E-state index is 12.2. The second-order valence-electron chi connectivity index (χ2n) is 6.80. The van der Waals surface area contributed by atoms with Crippen molar-refractivity contribution in [2.75, 3.05) is 13.2 Å². The predicted octanol–water partition coefficient (Wildman–Crippen LogP) is 0.821. The largest absolute Gasteiger partial charge is 0.481 e. The summed E-state index contributed by atoms with van der Waals surface area (Å²) in [5, 5.41) is 14.7. The molecular weight excluding hydrogens is 300 g/mol. The van der Waals surface area contributed by atoms with Crippen LogP contribution in [0, 0.1) is 5.92 Å². The minimum absolute atomic E-state index is 0.0206. The summed E-state index contributed by atoms with van der Waals surface area (Å²) in [7, 11) is 0. The zero-order valence-electron chi connectivity index (χ0n) is 13.6. The first-order valence-corrected chi connectivity index (χ1v) is 8.31. The van der Waals surface area contributed by atoms with Gasteiger partial charge in [-0.1, -0.05) is 12.8 Å². The molecule has 0 aromatic heterocycles. The van der Waals surface area contributed by atoms with Gasteiger partial charge in [0, 0.05) is 25.0 Å². The Kier molecular flexibility index (Phi) is 5.98. The van der Waals surface area contributed by atoms with E-state index < -0.39 is 11.5 Å². The fraction of sp³-hybridized carbons (Fsp3) is 0.812. The van der Waals surface area contributed by atoms with Crippen LogP contribution < -0.4 is 10.6 Å². The molecular formula is C16H26N2O5. The summed E-state index contributed by atoms with van der Waals surface area (Å²) < 4.78 is 5.25. The van der Waals surface area contributed by atoms with Crippen LogP contribution in [0.5, 0.6) is 0 Å². The molecule has 0 radical (unpaired) electrons. The highest BCUT2D eigenvalue weighted by Crippen LogP contribution is 2.25. The smallest absolute Gasteiger partial charge is 0.305 e. The number of ether oxygens (including phenoxy) is 1. The molecule has 7 heteroatoms. The Labute approximate surface area is 136 Å². The topological polar surface area (TPSA) is 105 Å². The van der Waals surface area contributed by atoms with Gasteiger partial charge >= 0.3 is 5.97 Å². The zero-order valence-corrected chi connectivity index (χ0v) is 13.6. The van der Waals surface area contributed by atoms with Gasteiger partial charge in [-0.05, 0) is 26.2 Å². The van der Waals surface area contributed by atoms with E-state index in [0.29, 0.717) is 13.0 Å². The third kappa shape index (κ3) is 5.20. The standard InChI is InChI=1S/C16H26N2O5/c1-11(17-15(22)12-4-2-3-5-12)8-13(19)18-16(9-14(20)21)6-7-23-10-16/h11-12H,2-10H2,1H3,(H,17,22)(H,18,19)(H,20,21). The minimum atomic E-state index is -0.960. The molecule has 1 aliphatic carbocycles. The molecule has 0 spiro atoms. The van der Waals surface area contributed by atoms with Crippen LogP contribution in [0.2, 0.25) is 0 Å². The number of nitrogens with one attached hydrogen (secondary N) is 2. The Bertz CT molecular complexity index is 453. The molecule has 2 fully saturated rings. The predicted molar refractivity (Wildman–Crippen MR) is 82.7 cm³/mol. The van der Waals surface area contributed by atoms with Gasteiger partial charge in [-0.25, -0.2) is 0 Å². The second-order valence-corrected chi connectivity index (χ2v) is 6.80. The van der Waals surface area contributed by atoms with Crippen molar-refractivity contribution in [2.45, 2.75) is 63.5 Å². The molecule has 1 heterocycles. The van der Waals surface area contributed by atoms with Gasteiger partial charge in [-0.3, -0.25) is 14.4 Å². The molecule has 1 saturated carbocycles. The van der Waals surface area contributed by atoms with Gasteiger partial charge in [0.15, 0.2) is 0 Å². The average Bonchev–Trinajstić information content (AvgIpc) is 3.08. The maximum atomic E-state index is 12.2. The van der Waals surface area contributed by atoms with Crippen LogP contribution in [-0.4, -0.2) is 47.7 Å². The molecule has 3 N–H and O–H groups in total. The summed E-state index contributed by atoms with van der Waals surface area (Å²) in [6.07, 6.45) is 4.50. The SMILES string of the molecule is CC(CC(=O)NC1(CC(=O)O)CCOC1)NC(=O)C1CCCC1. The van der Waals surface area contributed by atoms with E-state index in [1.54, 1.807) is 6.92 Å². The van der Waals surface area contributed by atoms with Crippen LogP contribution in [-0.2, 0) is 19.1 Å². The van der Waals surface area contributed by atoms with Crippen LogP contribution in [0.4, 0.5) is 0 Å². The Morgan fingerprint density at radius 2 is 2.00 bits per heavy atom. The first-order chi connectivity index (χ1) is 10.9. The van der Waals surface area contributed by atoms with Crippen molar-refractivity contribution in [3.8, 4) is 0 Å². The monoisotopic (exact) mass is 326 g/mol. The maximum Gasteiger partial charge on any atom is 0.305 e. The fourth-order valence-electron chi connectivity index (χ4n) is 3.40. The summed E-state index contributed by atoms with van der Waals surface area (Å²) in [5.41, 5.74) is -0.821. The summed E-state index contributed by atoms with van der Waals surface area (Å²) in [6.45, 7) is 2.46. The molecule has 2 unspecified atom stereocenters. The van der Waals surface area contributed by atoms with E-state index in [1.165, 1.54) is 0 Å². The van der Waals surface area contributed by atoms with Crippen LogP contribution in [0.3, 0.4) is 0 Å². The van der Waals surface area contributed by atoms with Crippen molar-refractivity contribution in [1.82, 2.24) is 10.6 Å². The summed E-state index contributed by atoms with van der Waals surface area (Å²) in [4.78, 5) is 35.2. The lowest BCUT2D eigenvalue weighted by atomic mass is 9.94. The van der Waals surface area contributed by atoms with Crippen LogP contribution >= 0.6 is 0 Å². The molecule has 23 heavy (non-hydrogen) atoms. The Morgan fingerprint density at radius 3 is 2.57 bits per heavy atom. The molecule has 1 aliphatic heterocycles. The van der Waals surface area contributed by atoms with E-state index >= 15 is 0 Å². The van der Waals surface area contributed by atoms with Crippen molar-refractivity contribution in [3.05, 3.63) is 0 Å². The van der Waals surface area contributed by atoms with E-state index in [-0.39, 0.29) is 43.2 Å². The van der Waals surface area contributed by atoms with Crippen LogP contribution in [0.1, 0.15) is 51.9 Å². The van der Waals surface area contributed by atoms with E-state index in [9.17, 15) is 14.4 Å². The first-order valence-electron chi connectivity index (χ1n) is 8.31. The number of aliphatic carboxylic acids is 1. The quantitative estimate of drug-likeness (QED) is 0.642. The van der Waals surface area contributed by atoms with E-state index in [0.717, 1.165) is 25.7 Å². The number of carbonyl (C=O) groups excluding carboxylic acids is 2. The zero-order chi connectivity index (χ0) is 16.9. The second kappa shape index (κ2) is 7.77. The number of amides is 2. The first kappa shape index (κ1) is 17.7. The molecule has 2 amide bonds. The van der Waals surface area contributed by atoms with Crippen molar-refractivity contribution < 1.29 is 24.2 Å². The highest BCUT2D eigenvalue weighted by Gasteiger charge is 2.38. The molecule has 130 valence electrons. The summed E-state index contributed by atoms with van der Waals surface area (Å²) >= 11 is 0. The molecule has 0 bridgehead atoms. The Balaban J connectivity index is 1.80.